The maximum atomic E-state index is 12.2. The van der Waals surface area contributed by atoms with Gasteiger partial charge in [0, 0.05) is 0 Å². The molecule has 0 aliphatic carbocycles. The molecule has 0 saturated carbocycles. The van der Waals surface area contributed by atoms with E-state index < -0.39 is 0 Å². The lowest BCUT2D eigenvalue weighted by Gasteiger charge is -2.17. The van der Waals surface area contributed by atoms with E-state index in [4.69, 9.17) is 9.47 Å². The van der Waals surface area contributed by atoms with Gasteiger partial charge in [0.15, 0.2) is 11.5 Å². The molecular formula is C20H25NO3. The lowest BCUT2D eigenvalue weighted by Crippen LogP contribution is -2.37. The van der Waals surface area contributed by atoms with Crippen molar-refractivity contribution < 1.29 is 14.3 Å². The summed E-state index contributed by atoms with van der Waals surface area (Å²) in [5.74, 6) is 1.36. The van der Waals surface area contributed by atoms with Gasteiger partial charge in [-0.3, -0.25) is 4.79 Å². The quantitative estimate of drug-likeness (QED) is 0.847. The molecule has 24 heavy (non-hydrogen) atoms. The summed E-state index contributed by atoms with van der Waals surface area (Å²) in [6, 6.07) is 13.5. The minimum Gasteiger partial charge on any atom is -0.493 e. The van der Waals surface area contributed by atoms with Crippen molar-refractivity contribution in [2.75, 3.05) is 13.7 Å². The molecule has 0 fully saturated rings. The molecule has 0 heterocycles. The fourth-order valence-corrected chi connectivity index (χ4v) is 2.54. The SMILES string of the molecule is COc1ccccc1OC[C@H](C)NC(=O)Cc1ccc(C)cc1C. The van der Waals surface area contributed by atoms with Gasteiger partial charge in [0.2, 0.25) is 5.91 Å². The summed E-state index contributed by atoms with van der Waals surface area (Å²) in [5, 5.41) is 2.97. The number of carbonyl (C=O) groups excluding carboxylic acids is 1. The second-order valence-corrected chi connectivity index (χ2v) is 6.04. The van der Waals surface area contributed by atoms with Crippen LogP contribution < -0.4 is 14.8 Å². The van der Waals surface area contributed by atoms with Crippen LogP contribution in [-0.4, -0.2) is 25.7 Å². The molecule has 0 aromatic heterocycles. The number of nitrogens with one attached hydrogen (secondary N) is 1. The average Bonchev–Trinajstić information content (AvgIpc) is 2.55. The number of benzene rings is 2. The fraction of sp³-hybridized carbons (Fsp3) is 0.350. The van der Waals surface area contributed by atoms with Crippen molar-refractivity contribution in [2.24, 2.45) is 0 Å². The maximum absolute atomic E-state index is 12.2. The number of ether oxygens (including phenoxy) is 2. The lowest BCUT2D eigenvalue weighted by molar-refractivity contribution is -0.121. The summed E-state index contributed by atoms with van der Waals surface area (Å²) in [6.45, 7) is 6.40. The molecule has 2 rings (SSSR count). The first-order chi connectivity index (χ1) is 11.5. The smallest absolute Gasteiger partial charge is 0.224 e. The van der Waals surface area contributed by atoms with Crippen LogP contribution >= 0.6 is 0 Å². The molecular weight excluding hydrogens is 302 g/mol. The van der Waals surface area contributed by atoms with Crippen LogP contribution in [0.1, 0.15) is 23.6 Å². The third kappa shape index (κ3) is 5.01. The first-order valence-corrected chi connectivity index (χ1v) is 8.11. The van der Waals surface area contributed by atoms with E-state index >= 15 is 0 Å². The number of methoxy groups -OCH3 is 1. The number of aryl methyl sites for hydroxylation is 2. The largest absolute Gasteiger partial charge is 0.493 e. The monoisotopic (exact) mass is 327 g/mol. The van der Waals surface area contributed by atoms with Crippen LogP contribution in [0.2, 0.25) is 0 Å². The van der Waals surface area contributed by atoms with E-state index in [0.29, 0.717) is 24.5 Å². The van der Waals surface area contributed by atoms with Gasteiger partial charge in [-0.15, -0.1) is 0 Å². The van der Waals surface area contributed by atoms with Gasteiger partial charge in [0.1, 0.15) is 6.61 Å². The first kappa shape index (κ1) is 17.9. The van der Waals surface area contributed by atoms with Crippen molar-refractivity contribution in [3.63, 3.8) is 0 Å². The standard InChI is InChI=1S/C20H25NO3/c1-14-9-10-17(15(2)11-14)12-20(22)21-16(3)13-24-19-8-6-5-7-18(19)23-4/h5-11,16H,12-13H2,1-4H3,(H,21,22)/t16-/m0/s1. The molecule has 0 aliphatic rings. The summed E-state index contributed by atoms with van der Waals surface area (Å²) in [5.41, 5.74) is 3.40. The van der Waals surface area contributed by atoms with Gasteiger partial charge in [0.25, 0.3) is 0 Å². The normalized spacial score (nSPS) is 11.7. The van der Waals surface area contributed by atoms with Crippen LogP contribution in [0.5, 0.6) is 11.5 Å². The van der Waals surface area contributed by atoms with Gasteiger partial charge in [-0.1, -0.05) is 35.9 Å². The van der Waals surface area contributed by atoms with E-state index in [1.807, 2.05) is 57.2 Å². The Labute approximate surface area is 143 Å². The van der Waals surface area contributed by atoms with E-state index in [-0.39, 0.29) is 11.9 Å². The Morgan fingerprint density at radius 2 is 1.83 bits per heavy atom. The number of rotatable bonds is 7. The van der Waals surface area contributed by atoms with Crippen molar-refractivity contribution in [1.82, 2.24) is 5.32 Å². The summed E-state index contributed by atoms with van der Waals surface area (Å²) in [6.07, 6.45) is 0.380. The fourth-order valence-electron chi connectivity index (χ4n) is 2.54. The molecule has 4 heteroatoms. The lowest BCUT2D eigenvalue weighted by atomic mass is 10.0. The number of hydrogen-bond donors (Lipinski definition) is 1. The number of amides is 1. The Balaban J connectivity index is 1.85. The molecule has 0 aliphatic heterocycles. The minimum absolute atomic E-state index is 0.00178. The topological polar surface area (TPSA) is 47.6 Å². The predicted molar refractivity (Wildman–Crippen MR) is 95.7 cm³/mol. The van der Waals surface area contributed by atoms with Crippen LogP contribution in [0, 0.1) is 13.8 Å². The van der Waals surface area contributed by atoms with Crippen LogP contribution in [0.15, 0.2) is 42.5 Å². The molecule has 0 bridgehead atoms. The minimum atomic E-state index is -0.0897. The van der Waals surface area contributed by atoms with Gasteiger partial charge in [-0.05, 0) is 44.0 Å². The van der Waals surface area contributed by atoms with Crippen molar-refractivity contribution in [3.05, 3.63) is 59.2 Å². The summed E-state index contributed by atoms with van der Waals surface area (Å²) >= 11 is 0. The first-order valence-electron chi connectivity index (χ1n) is 8.11. The highest BCUT2D eigenvalue weighted by molar-refractivity contribution is 5.79. The second-order valence-electron chi connectivity index (χ2n) is 6.04. The summed E-state index contributed by atoms with van der Waals surface area (Å²) in [7, 11) is 1.61. The highest BCUT2D eigenvalue weighted by Crippen LogP contribution is 2.25. The van der Waals surface area contributed by atoms with Crippen molar-refractivity contribution in [1.29, 1.82) is 0 Å². The van der Waals surface area contributed by atoms with Crippen LogP contribution in [0.3, 0.4) is 0 Å². The Bertz CT molecular complexity index is 697. The van der Waals surface area contributed by atoms with E-state index in [2.05, 4.69) is 11.4 Å². The van der Waals surface area contributed by atoms with E-state index in [1.165, 1.54) is 5.56 Å². The Kier molecular flexibility index (Phi) is 6.24. The third-order valence-electron chi connectivity index (χ3n) is 3.81. The molecule has 0 spiro atoms. The van der Waals surface area contributed by atoms with Crippen LogP contribution in [0.4, 0.5) is 0 Å². The second kappa shape index (κ2) is 8.39. The molecule has 1 amide bonds. The third-order valence-corrected chi connectivity index (χ3v) is 3.81. The van der Waals surface area contributed by atoms with Gasteiger partial charge in [-0.2, -0.15) is 0 Å². The molecule has 128 valence electrons. The molecule has 0 saturated heterocycles. The number of hydrogen-bond acceptors (Lipinski definition) is 3. The Morgan fingerprint density at radius 1 is 1.12 bits per heavy atom. The molecule has 4 nitrogen and oxygen atoms in total. The van der Waals surface area contributed by atoms with E-state index in [1.54, 1.807) is 7.11 Å². The highest BCUT2D eigenvalue weighted by Gasteiger charge is 2.11. The number of para-hydroxylation sites is 2. The summed E-state index contributed by atoms with van der Waals surface area (Å²) < 4.78 is 11.0. The molecule has 2 aromatic rings. The van der Waals surface area contributed by atoms with Crippen LogP contribution in [-0.2, 0) is 11.2 Å². The molecule has 2 aromatic carbocycles. The average molecular weight is 327 g/mol. The number of carbonyl (C=O) groups is 1. The maximum Gasteiger partial charge on any atom is 0.224 e. The summed E-state index contributed by atoms with van der Waals surface area (Å²) in [4.78, 5) is 12.2. The van der Waals surface area contributed by atoms with E-state index in [9.17, 15) is 4.79 Å². The van der Waals surface area contributed by atoms with Crippen molar-refractivity contribution >= 4 is 5.91 Å². The molecule has 1 N–H and O–H groups in total. The van der Waals surface area contributed by atoms with Crippen molar-refractivity contribution in [2.45, 2.75) is 33.2 Å². The van der Waals surface area contributed by atoms with E-state index in [0.717, 1.165) is 11.1 Å². The zero-order valence-corrected chi connectivity index (χ0v) is 14.8. The van der Waals surface area contributed by atoms with Gasteiger partial charge < -0.3 is 14.8 Å². The van der Waals surface area contributed by atoms with Gasteiger partial charge in [0.05, 0.1) is 19.6 Å². The Hall–Kier alpha value is -2.49. The molecule has 0 unspecified atom stereocenters. The molecule has 0 radical (unpaired) electrons. The van der Waals surface area contributed by atoms with Gasteiger partial charge in [-0.25, -0.2) is 0 Å². The Morgan fingerprint density at radius 3 is 2.50 bits per heavy atom. The predicted octanol–water partition coefficient (Wildman–Crippen LogP) is 3.44. The zero-order chi connectivity index (χ0) is 17.5. The zero-order valence-electron chi connectivity index (χ0n) is 14.8. The van der Waals surface area contributed by atoms with Crippen LogP contribution in [0.25, 0.3) is 0 Å². The molecule has 1 atom stereocenters. The highest BCUT2D eigenvalue weighted by atomic mass is 16.5. The van der Waals surface area contributed by atoms with Crippen molar-refractivity contribution in [3.8, 4) is 11.5 Å². The van der Waals surface area contributed by atoms with Gasteiger partial charge >= 0.3 is 0 Å².